The molecular formula is C12H14Cl2N2O. The highest BCUT2D eigenvalue weighted by Crippen LogP contribution is 2.20. The molecule has 0 aliphatic carbocycles. The van der Waals surface area contributed by atoms with Crippen molar-refractivity contribution in [2.45, 2.75) is 12.8 Å². The zero-order chi connectivity index (χ0) is 12.8. The van der Waals surface area contributed by atoms with Gasteiger partial charge in [-0.25, -0.2) is 4.98 Å². The predicted octanol–water partition coefficient (Wildman–Crippen LogP) is 3.43. The fourth-order valence-electron chi connectivity index (χ4n) is 1.33. The standard InChI is InChI=1S/C12H14Cl2N2O/c1-3-4-5-6-16(2)12(17)9-7-10(13)11(14)15-8-9/h3,7-8H,1,4-6H2,2H3. The molecule has 0 atom stereocenters. The van der Waals surface area contributed by atoms with Gasteiger partial charge in [-0.1, -0.05) is 29.3 Å². The molecule has 0 N–H and O–H groups in total. The number of nitrogens with zero attached hydrogens (tertiary/aromatic N) is 2. The summed E-state index contributed by atoms with van der Waals surface area (Å²) in [5.41, 5.74) is 0.445. The van der Waals surface area contributed by atoms with Crippen LogP contribution in [0, 0.1) is 0 Å². The topological polar surface area (TPSA) is 33.2 Å². The number of rotatable bonds is 5. The van der Waals surface area contributed by atoms with E-state index in [1.807, 2.05) is 6.08 Å². The van der Waals surface area contributed by atoms with Gasteiger partial charge in [0.2, 0.25) is 0 Å². The van der Waals surface area contributed by atoms with Gasteiger partial charge in [0.05, 0.1) is 10.6 Å². The van der Waals surface area contributed by atoms with Crippen molar-refractivity contribution in [3.05, 3.63) is 40.7 Å². The second-order valence-electron chi connectivity index (χ2n) is 3.65. The summed E-state index contributed by atoms with van der Waals surface area (Å²) in [6, 6.07) is 1.53. The first kappa shape index (κ1) is 14.0. The average molecular weight is 273 g/mol. The van der Waals surface area contributed by atoms with Gasteiger partial charge in [0.1, 0.15) is 5.15 Å². The van der Waals surface area contributed by atoms with E-state index in [2.05, 4.69) is 11.6 Å². The Labute approximate surface area is 111 Å². The maximum absolute atomic E-state index is 12.0. The summed E-state index contributed by atoms with van der Waals surface area (Å²) in [6.45, 7) is 4.31. The number of amides is 1. The van der Waals surface area contributed by atoms with E-state index in [1.54, 1.807) is 11.9 Å². The lowest BCUT2D eigenvalue weighted by Gasteiger charge is -2.16. The number of allylic oxidation sites excluding steroid dienone is 1. The van der Waals surface area contributed by atoms with Crippen molar-refractivity contribution >= 4 is 29.1 Å². The van der Waals surface area contributed by atoms with E-state index in [0.29, 0.717) is 12.1 Å². The third-order valence-corrected chi connectivity index (χ3v) is 2.98. The Morgan fingerprint density at radius 3 is 2.88 bits per heavy atom. The molecule has 92 valence electrons. The minimum atomic E-state index is -0.111. The molecule has 0 unspecified atom stereocenters. The van der Waals surface area contributed by atoms with Crippen LogP contribution in [-0.2, 0) is 0 Å². The van der Waals surface area contributed by atoms with Crippen molar-refractivity contribution < 1.29 is 4.79 Å². The van der Waals surface area contributed by atoms with Crippen molar-refractivity contribution in [3.8, 4) is 0 Å². The minimum absolute atomic E-state index is 0.111. The number of carbonyl (C=O) groups is 1. The minimum Gasteiger partial charge on any atom is -0.342 e. The van der Waals surface area contributed by atoms with Crippen molar-refractivity contribution in [2.24, 2.45) is 0 Å². The van der Waals surface area contributed by atoms with E-state index in [0.717, 1.165) is 12.8 Å². The van der Waals surface area contributed by atoms with Gasteiger partial charge in [-0.2, -0.15) is 0 Å². The van der Waals surface area contributed by atoms with E-state index < -0.39 is 0 Å². The zero-order valence-corrected chi connectivity index (χ0v) is 11.1. The van der Waals surface area contributed by atoms with Gasteiger partial charge in [0.25, 0.3) is 5.91 Å². The Bertz CT molecular complexity index is 421. The highest BCUT2D eigenvalue weighted by molar-refractivity contribution is 6.41. The predicted molar refractivity (Wildman–Crippen MR) is 70.6 cm³/mol. The first-order chi connectivity index (χ1) is 8.06. The highest BCUT2D eigenvalue weighted by Gasteiger charge is 2.13. The number of halogens is 2. The second-order valence-corrected chi connectivity index (χ2v) is 4.42. The second kappa shape index (κ2) is 6.62. The summed E-state index contributed by atoms with van der Waals surface area (Å²) < 4.78 is 0. The molecule has 5 heteroatoms. The molecule has 0 aliphatic rings. The number of aromatic nitrogens is 1. The molecule has 1 aromatic rings. The lowest BCUT2D eigenvalue weighted by molar-refractivity contribution is 0.0793. The summed E-state index contributed by atoms with van der Waals surface area (Å²) in [7, 11) is 1.74. The molecule has 0 aromatic carbocycles. The Kier molecular flexibility index (Phi) is 5.45. The third-order valence-electron chi connectivity index (χ3n) is 2.29. The summed E-state index contributed by atoms with van der Waals surface area (Å²) in [4.78, 5) is 17.4. The molecule has 0 saturated heterocycles. The monoisotopic (exact) mass is 272 g/mol. The zero-order valence-electron chi connectivity index (χ0n) is 9.62. The van der Waals surface area contributed by atoms with Gasteiger partial charge in [-0.05, 0) is 18.9 Å². The van der Waals surface area contributed by atoms with Crippen molar-refractivity contribution in [2.75, 3.05) is 13.6 Å². The lowest BCUT2D eigenvalue weighted by atomic mass is 10.2. The van der Waals surface area contributed by atoms with Crippen LogP contribution < -0.4 is 0 Å². The first-order valence-corrected chi connectivity index (χ1v) is 5.99. The van der Waals surface area contributed by atoms with Crippen LogP contribution in [0.4, 0.5) is 0 Å². The quantitative estimate of drug-likeness (QED) is 0.468. The molecule has 0 spiro atoms. The van der Waals surface area contributed by atoms with Gasteiger partial charge >= 0.3 is 0 Å². The Morgan fingerprint density at radius 1 is 1.59 bits per heavy atom. The maximum atomic E-state index is 12.0. The summed E-state index contributed by atoms with van der Waals surface area (Å²) >= 11 is 11.5. The van der Waals surface area contributed by atoms with Crippen LogP contribution >= 0.6 is 23.2 Å². The van der Waals surface area contributed by atoms with Crippen LogP contribution in [0.1, 0.15) is 23.2 Å². The Hall–Kier alpha value is -1.06. The molecule has 1 amide bonds. The normalized spacial score (nSPS) is 10.1. The SMILES string of the molecule is C=CCCCN(C)C(=O)c1cnc(Cl)c(Cl)c1. The largest absolute Gasteiger partial charge is 0.342 e. The number of hydrogen-bond donors (Lipinski definition) is 0. The fraction of sp³-hybridized carbons (Fsp3) is 0.333. The first-order valence-electron chi connectivity index (χ1n) is 5.23. The molecule has 0 radical (unpaired) electrons. The van der Waals surface area contributed by atoms with Crippen LogP contribution in [0.3, 0.4) is 0 Å². The average Bonchev–Trinajstić information content (AvgIpc) is 2.32. The molecule has 0 aliphatic heterocycles. The summed E-state index contributed by atoms with van der Waals surface area (Å²) in [5.74, 6) is -0.111. The van der Waals surface area contributed by atoms with Crippen LogP contribution in [0.5, 0.6) is 0 Å². The molecule has 3 nitrogen and oxygen atoms in total. The molecular weight excluding hydrogens is 259 g/mol. The van der Waals surface area contributed by atoms with Gasteiger partial charge in [0, 0.05) is 19.8 Å². The molecule has 0 saturated carbocycles. The molecule has 1 rings (SSSR count). The maximum Gasteiger partial charge on any atom is 0.255 e. The fourth-order valence-corrected chi connectivity index (χ4v) is 1.60. The van der Waals surface area contributed by atoms with Crippen LogP contribution in [0.2, 0.25) is 10.2 Å². The molecule has 0 fully saturated rings. The van der Waals surface area contributed by atoms with Crippen molar-refractivity contribution in [3.63, 3.8) is 0 Å². The number of hydrogen-bond acceptors (Lipinski definition) is 2. The molecule has 1 aromatic heterocycles. The summed E-state index contributed by atoms with van der Waals surface area (Å²) in [6.07, 6.45) is 5.04. The Morgan fingerprint density at radius 2 is 2.29 bits per heavy atom. The number of pyridine rings is 1. The van der Waals surface area contributed by atoms with Crippen molar-refractivity contribution in [1.82, 2.24) is 9.88 Å². The summed E-state index contributed by atoms with van der Waals surface area (Å²) in [5, 5.41) is 0.495. The van der Waals surface area contributed by atoms with Gasteiger partial charge in [-0.3, -0.25) is 4.79 Å². The molecule has 1 heterocycles. The van der Waals surface area contributed by atoms with E-state index in [-0.39, 0.29) is 16.1 Å². The van der Waals surface area contributed by atoms with Crippen LogP contribution in [-0.4, -0.2) is 29.4 Å². The van der Waals surface area contributed by atoms with Crippen LogP contribution in [0.15, 0.2) is 24.9 Å². The number of unbranched alkanes of at least 4 members (excludes halogenated alkanes) is 1. The van der Waals surface area contributed by atoms with Gasteiger partial charge < -0.3 is 4.90 Å². The lowest BCUT2D eigenvalue weighted by Crippen LogP contribution is -2.27. The smallest absolute Gasteiger partial charge is 0.255 e. The Balaban J connectivity index is 2.68. The van der Waals surface area contributed by atoms with Crippen LogP contribution in [0.25, 0.3) is 0 Å². The number of carbonyl (C=O) groups excluding carboxylic acids is 1. The van der Waals surface area contributed by atoms with E-state index in [4.69, 9.17) is 23.2 Å². The van der Waals surface area contributed by atoms with E-state index in [1.165, 1.54) is 12.3 Å². The highest BCUT2D eigenvalue weighted by atomic mass is 35.5. The van der Waals surface area contributed by atoms with Gasteiger partial charge in [-0.15, -0.1) is 6.58 Å². The molecule has 17 heavy (non-hydrogen) atoms. The third kappa shape index (κ3) is 4.02. The van der Waals surface area contributed by atoms with Gasteiger partial charge in [0.15, 0.2) is 0 Å². The molecule has 0 bridgehead atoms. The van der Waals surface area contributed by atoms with E-state index >= 15 is 0 Å². The van der Waals surface area contributed by atoms with E-state index in [9.17, 15) is 4.79 Å². The van der Waals surface area contributed by atoms with Crippen molar-refractivity contribution in [1.29, 1.82) is 0 Å².